The molecule has 5 rings (SSSR count). The van der Waals surface area contributed by atoms with Crippen LogP contribution in [0.15, 0.2) is 48.5 Å². The van der Waals surface area contributed by atoms with Gasteiger partial charge in [0.15, 0.2) is 0 Å². The van der Waals surface area contributed by atoms with Gasteiger partial charge in [0.25, 0.3) is 0 Å². The first-order chi connectivity index (χ1) is 15.2. The Hall–Kier alpha value is -2.15. The minimum Gasteiger partial charge on any atom is -0.356 e. The molecule has 1 aromatic heterocycles. The normalized spacial score (nSPS) is 21.4. The maximum atomic E-state index is 12.2. The molecule has 2 fully saturated rings. The number of benzene rings is 2. The third-order valence-electron chi connectivity index (χ3n) is 6.43. The number of carbonyl (C=O) groups excluding carboxylic acids is 1. The van der Waals surface area contributed by atoms with Gasteiger partial charge in [-0.15, -0.1) is 0 Å². The van der Waals surface area contributed by atoms with Crippen molar-refractivity contribution in [2.45, 2.75) is 12.8 Å². The Kier molecular flexibility index (Phi) is 6.12. The Bertz CT molecular complexity index is 1050. The van der Waals surface area contributed by atoms with Gasteiger partial charge in [0.1, 0.15) is 5.82 Å². The van der Waals surface area contributed by atoms with Gasteiger partial charge in [0.05, 0.1) is 11.1 Å². The van der Waals surface area contributed by atoms with Gasteiger partial charge in [-0.2, -0.15) is 4.37 Å². The van der Waals surface area contributed by atoms with Crippen molar-refractivity contribution >= 4 is 44.9 Å². The van der Waals surface area contributed by atoms with Gasteiger partial charge in [-0.3, -0.25) is 9.69 Å². The summed E-state index contributed by atoms with van der Waals surface area (Å²) in [5, 5.41) is 5.09. The van der Waals surface area contributed by atoms with Crippen molar-refractivity contribution in [3.8, 4) is 0 Å². The zero-order valence-electron chi connectivity index (χ0n) is 17.5. The summed E-state index contributed by atoms with van der Waals surface area (Å²) < 4.78 is 5.97. The molecule has 0 radical (unpaired) electrons. The topological polar surface area (TPSA) is 48.5 Å². The summed E-state index contributed by atoms with van der Waals surface area (Å²) in [7, 11) is 0. The van der Waals surface area contributed by atoms with Gasteiger partial charge in [0.2, 0.25) is 5.91 Å². The lowest BCUT2D eigenvalue weighted by atomic mass is 10.1. The fourth-order valence-electron chi connectivity index (χ4n) is 4.45. The number of carbonyl (C=O) groups is 1. The fourth-order valence-corrected chi connectivity index (χ4v) is 5.38. The predicted molar refractivity (Wildman–Crippen MR) is 128 cm³/mol. The Morgan fingerprint density at radius 3 is 2.65 bits per heavy atom. The molecule has 2 heterocycles. The minimum atomic E-state index is 0.0945. The highest BCUT2D eigenvalue weighted by Gasteiger charge is 2.38. The van der Waals surface area contributed by atoms with Gasteiger partial charge in [0, 0.05) is 49.7 Å². The van der Waals surface area contributed by atoms with Gasteiger partial charge in [-0.25, -0.2) is 0 Å². The number of aromatic nitrogens is 1. The molecule has 1 aliphatic carbocycles. The molecule has 0 unspecified atom stereocenters. The summed E-state index contributed by atoms with van der Waals surface area (Å²) in [6, 6.07) is 16.0. The summed E-state index contributed by atoms with van der Waals surface area (Å²) in [5.74, 6) is 2.57. The molecule has 1 saturated heterocycles. The second-order valence-corrected chi connectivity index (χ2v) is 9.89. The van der Waals surface area contributed by atoms with Crippen LogP contribution in [0.1, 0.15) is 12.0 Å². The molecule has 31 heavy (non-hydrogen) atoms. The third kappa shape index (κ3) is 5.03. The average Bonchev–Trinajstić information content (AvgIpc) is 3.38. The van der Waals surface area contributed by atoms with E-state index in [1.54, 1.807) is 11.5 Å². The Morgan fingerprint density at radius 2 is 1.84 bits per heavy atom. The van der Waals surface area contributed by atoms with E-state index in [-0.39, 0.29) is 5.91 Å². The van der Waals surface area contributed by atoms with Crippen molar-refractivity contribution in [1.82, 2.24) is 14.6 Å². The smallest absolute Gasteiger partial charge is 0.224 e. The molecule has 7 heteroatoms. The van der Waals surface area contributed by atoms with Crippen LogP contribution in [-0.2, 0) is 11.2 Å². The number of amides is 1. The molecule has 1 amide bonds. The predicted octanol–water partition coefficient (Wildman–Crippen LogP) is 4.07. The minimum absolute atomic E-state index is 0.0945. The van der Waals surface area contributed by atoms with E-state index in [0.29, 0.717) is 23.3 Å². The third-order valence-corrected chi connectivity index (χ3v) is 7.50. The number of hydrogen-bond donors (Lipinski definition) is 1. The number of halogens is 1. The van der Waals surface area contributed by atoms with Crippen LogP contribution in [0.25, 0.3) is 10.1 Å². The highest BCUT2D eigenvalue weighted by Crippen LogP contribution is 2.39. The van der Waals surface area contributed by atoms with Crippen LogP contribution >= 0.6 is 23.1 Å². The highest BCUT2D eigenvalue weighted by atomic mass is 35.5. The van der Waals surface area contributed by atoms with Crippen LogP contribution < -0.4 is 10.2 Å². The largest absolute Gasteiger partial charge is 0.356 e. The molecule has 5 nitrogen and oxygen atoms in total. The lowest BCUT2D eigenvalue weighted by Crippen LogP contribution is -2.47. The lowest BCUT2D eigenvalue weighted by Gasteiger charge is -2.35. The van der Waals surface area contributed by atoms with Crippen molar-refractivity contribution < 1.29 is 4.79 Å². The van der Waals surface area contributed by atoms with Gasteiger partial charge >= 0.3 is 0 Å². The van der Waals surface area contributed by atoms with E-state index in [2.05, 4.69) is 39.4 Å². The molecular weight excluding hydrogens is 428 g/mol. The zero-order chi connectivity index (χ0) is 21.2. The summed E-state index contributed by atoms with van der Waals surface area (Å²) in [5.41, 5.74) is 1.00. The molecule has 2 atom stereocenters. The van der Waals surface area contributed by atoms with Crippen LogP contribution in [0, 0.1) is 11.8 Å². The van der Waals surface area contributed by atoms with E-state index in [0.717, 1.165) is 50.6 Å². The quantitative estimate of drug-likeness (QED) is 0.584. The molecule has 2 aliphatic rings. The molecule has 2 aromatic carbocycles. The molecule has 0 spiro atoms. The zero-order valence-corrected chi connectivity index (χ0v) is 19.0. The van der Waals surface area contributed by atoms with Gasteiger partial charge < -0.3 is 10.2 Å². The number of piperazine rings is 1. The van der Waals surface area contributed by atoms with Crippen LogP contribution in [-0.4, -0.2) is 54.4 Å². The SMILES string of the molecule is O=C(Cc1ccc(Cl)cc1)NC[C@H]1C[C@@H]1CN1CCN(c2nsc3ccccc23)CC1. The second-order valence-electron chi connectivity index (χ2n) is 8.65. The monoisotopic (exact) mass is 454 g/mol. The maximum absolute atomic E-state index is 12.2. The lowest BCUT2D eigenvalue weighted by molar-refractivity contribution is -0.120. The van der Waals surface area contributed by atoms with E-state index < -0.39 is 0 Å². The molecule has 1 N–H and O–H groups in total. The van der Waals surface area contributed by atoms with Gasteiger partial charge in [-0.1, -0.05) is 35.9 Å². The van der Waals surface area contributed by atoms with Crippen molar-refractivity contribution in [2.75, 3.05) is 44.2 Å². The van der Waals surface area contributed by atoms with Crippen LogP contribution in [0.2, 0.25) is 5.02 Å². The first kappa shape index (κ1) is 20.7. The van der Waals surface area contributed by atoms with Crippen LogP contribution in [0.5, 0.6) is 0 Å². The number of rotatable bonds is 7. The van der Waals surface area contributed by atoms with Crippen molar-refractivity contribution in [2.24, 2.45) is 11.8 Å². The first-order valence-corrected chi connectivity index (χ1v) is 12.1. The van der Waals surface area contributed by atoms with E-state index >= 15 is 0 Å². The average molecular weight is 455 g/mol. The number of nitrogens with one attached hydrogen (secondary N) is 1. The Balaban J connectivity index is 1.03. The molecule has 0 bridgehead atoms. The van der Waals surface area contributed by atoms with Crippen molar-refractivity contribution in [1.29, 1.82) is 0 Å². The first-order valence-electron chi connectivity index (χ1n) is 11.0. The maximum Gasteiger partial charge on any atom is 0.224 e. The summed E-state index contributed by atoms with van der Waals surface area (Å²) in [4.78, 5) is 17.2. The van der Waals surface area contributed by atoms with E-state index in [1.807, 2.05) is 24.3 Å². The van der Waals surface area contributed by atoms with Crippen LogP contribution in [0.3, 0.4) is 0 Å². The molecule has 1 saturated carbocycles. The van der Waals surface area contributed by atoms with Crippen LogP contribution in [0.4, 0.5) is 5.82 Å². The second kappa shape index (κ2) is 9.15. The highest BCUT2D eigenvalue weighted by molar-refractivity contribution is 7.13. The molecule has 1 aliphatic heterocycles. The summed E-state index contributed by atoms with van der Waals surface area (Å²) >= 11 is 7.49. The molecular formula is C24H27ClN4OS. The standard InChI is InChI=1S/C24H27ClN4OS/c25-20-7-5-17(6-8-20)13-23(30)26-15-18-14-19(18)16-28-9-11-29(12-10-28)24-21-3-1-2-4-22(21)31-27-24/h1-8,18-19H,9-16H2,(H,26,30)/t18-,19-/m1/s1. The van der Waals surface area contributed by atoms with E-state index in [1.165, 1.54) is 16.5 Å². The van der Waals surface area contributed by atoms with Crippen molar-refractivity contribution in [3.63, 3.8) is 0 Å². The molecule has 3 aromatic rings. The Labute approximate surface area is 192 Å². The Morgan fingerprint density at radius 1 is 1.06 bits per heavy atom. The summed E-state index contributed by atoms with van der Waals surface area (Å²) in [6.45, 7) is 6.16. The fraction of sp³-hybridized carbons (Fsp3) is 0.417. The van der Waals surface area contributed by atoms with Gasteiger partial charge in [-0.05, 0) is 59.6 Å². The summed E-state index contributed by atoms with van der Waals surface area (Å²) in [6.07, 6.45) is 1.64. The van der Waals surface area contributed by atoms with E-state index in [9.17, 15) is 4.79 Å². The van der Waals surface area contributed by atoms with Crippen molar-refractivity contribution in [3.05, 3.63) is 59.1 Å². The van der Waals surface area contributed by atoms with E-state index in [4.69, 9.17) is 16.0 Å². The number of anilines is 1. The molecule has 162 valence electrons. The number of hydrogen-bond acceptors (Lipinski definition) is 5. The number of nitrogens with zero attached hydrogens (tertiary/aromatic N) is 3. The number of fused-ring (bicyclic) bond motifs is 1.